The molecule has 2 unspecified atom stereocenters. The number of nitro groups is 1. The molecule has 0 aliphatic carbocycles. The number of carboxylic acid groups (broad SMARTS) is 1. The van der Waals surface area contributed by atoms with Gasteiger partial charge in [0.25, 0.3) is 5.91 Å². The molecule has 2 aromatic heterocycles. The Morgan fingerprint density at radius 1 is 1.50 bits per heavy atom. The van der Waals surface area contributed by atoms with Crippen molar-refractivity contribution in [3.8, 4) is 0 Å². The maximum Gasteiger partial charge on any atom is 1.00 e. The van der Waals surface area contributed by atoms with Crippen LogP contribution in [-0.4, -0.2) is 74.2 Å². The Balaban J connectivity index is 0.00000361. The molecule has 2 aliphatic heterocycles. The number of anilines is 1. The molecule has 0 bridgehead atoms. The minimum Gasteiger partial charge on any atom is -0.481 e. The molecule has 2 aliphatic rings. The first-order valence-electron chi connectivity index (χ1n) is 9.87. The second-order valence-corrected chi connectivity index (χ2v) is 9.53. The molecule has 4 heterocycles. The van der Waals surface area contributed by atoms with Crippen LogP contribution < -0.4 is 40.6 Å². The zero-order valence-corrected chi connectivity index (χ0v) is 22.6. The molecule has 3 atom stereocenters. The summed E-state index contributed by atoms with van der Waals surface area (Å²) in [6, 6.07) is 1.61. The number of hydrogen-bond donors (Lipinski definition) is 3. The molecule has 0 spiro atoms. The first-order valence-corrected chi connectivity index (χ1v) is 11.8. The van der Waals surface area contributed by atoms with Crippen LogP contribution >= 0.6 is 23.1 Å². The Hall–Kier alpha value is -2.92. The standard InChI is InChI=1S/C19H18N6O8S2.Na/c1-32-23-12(10-6-34-18(20)21-10)14(26)22-13-15(27)24-7-19(17(28)29,8-35-16(13)24)5-4-9-2-3-11(33-9)25(30)31;/h2-6,13,16H,7-8H2,1H3,(H2,20,21)(H,22,26)(H,28,29);/q;+1/t13?,16-,19?;/m1./s1. The minimum atomic E-state index is -1.45. The Morgan fingerprint density at radius 2 is 2.25 bits per heavy atom. The van der Waals surface area contributed by atoms with Crippen LogP contribution in [-0.2, 0) is 19.2 Å². The number of carbonyl (C=O) groups excluding carboxylic acids is 2. The fourth-order valence-corrected chi connectivity index (χ4v) is 5.63. The quantitative estimate of drug-likeness (QED) is 0.106. The van der Waals surface area contributed by atoms with Crippen molar-refractivity contribution in [2.45, 2.75) is 11.4 Å². The van der Waals surface area contributed by atoms with Crippen molar-refractivity contribution >= 4 is 63.7 Å². The third kappa shape index (κ3) is 5.27. The normalized spacial score (nSPS) is 23.4. The molecule has 14 nitrogen and oxygen atoms in total. The van der Waals surface area contributed by atoms with Gasteiger partial charge in [0, 0.05) is 17.7 Å². The molecule has 2 amide bonds. The summed E-state index contributed by atoms with van der Waals surface area (Å²) in [6.07, 6.45) is 2.69. The number of rotatable bonds is 8. The maximum absolute atomic E-state index is 12.8. The van der Waals surface area contributed by atoms with Gasteiger partial charge in [-0.3, -0.25) is 24.5 Å². The van der Waals surface area contributed by atoms with Gasteiger partial charge >= 0.3 is 41.4 Å². The van der Waals surface area contributed by atoms with E-state index in [9.17, 15) is 29.6 Å². The maximum atomic E-state index is 12.8. The summed E-state index contributed by atoms with van der Waals surface area (Å²) in [5, 5.41) is 28.2. The van der Waals surface area contributed by atoms with Crippen molar-refractivity contribution in [3.63, 3.8) is 0 Å². The van der Waals surface area contributed by atoms with Gasteiger partial charge in [-0.25, -0.2) is 4.98 Å². The molecule has 4 N–H and O–H groups in total. The number of carboxylic acids is 1. The summed E-state index contributed by atoms with van der Waals surface area (Å²) in [5.74, 6) is -2.60. The number of aliphatic carboxylic acids is 1. The van der Waals surface area contributed by atoms with Crippen molar-refractivity contribution in [2.75, 3.05) is 25.1 Å². The predicted molar refractivity (Wildman–Crippen MR) is 124 cm³/mol. The molecule has 0 radical (unpaired) electrons. The fraction of sp³-hybridized carbons (Fsp3) is 0.316. The minimum absolute atomic E-state index is 0. The van der Waals surface area contributed by atoms with Crippen LogP contribution in [0.1, 0.15) is 11.5 Å². The van der Waals surface area contributed by atoms with E-state index in [1.807, 2.05) is 0 Å². The number of fused-ring (bicyclic) bond motifs is 1. The van der Waals surface area contributed by atoms with E-state index in [-0.39, 0.29) is 64.2 Å². The van der Waals surface area contributed by atoms with E-state index in [4.69, 9.17) is 15.0 Å². The average Bonchev–Trinajstić information content (AvgIpc) is 3.48. The molecular weight excluding hydrogens is 527 g/mol. The molecule has 4 rings (SSSR count). The van der Waals surface area contributed by atoms with Crippen LogP contribution in [0.2, 0.25) is 0 Å². The first-order chi connectivity index (χ1) is 16.6. The van der Waals surface area contributed by atoms with Crippen molar-refractivity contribution in [3.05, 3.63) is 45.2 Å². The van der Waals surface area contributed by atoms with Gasteiger partial charge in [-0.1, -0.05) is 11.2 Å². The Bertz CT molecular complexity index is 1260. The number of nitrogen functional groups attached to an aromatic ring is 1. The van der Waals surface area contributed by atoms with Crippen molar-refractivity contribution in [2.24, 2.45) is 10.6 Å². The molecule has 2 aromatic rings. The fourth-order valence-electron chi connectivity index (χ4n) is 3.57. The summed E-state index contributed by atoms with van der Waals surface area (Å²) in [7, 11) is 1.26. The van der Waals surface area contributed by atoms with Crippen LogP contribution in [0.3, 0.4) is 0 Å². The molecular formula is C19H18N6NaO8S2+. The van der Waals surface area contributed by atoms with Crippen LogP contribution in [0.25, 0.3) is 6.08 Å². The summed E-state index contributed by atoms with van der Waals surface area (Å²) in [6.45, 7) is -0.147. The van der Waals surface area contributed by atoms with Gasteiger partial charge in [-0.05, 0) is 12.1 Å². The number of nitrogens with one attached hydrogen (secondary N) is 1. The predicted octanol–water partition coefficient (Wildman–Crippen LogP) is -2.23. The topological polar surface area (TPSA) is 203 Å². The van der Waals surface area contributed by atoms with Crippen LogP contribution in [0.4, 0.5) is 11.0 Å². The number of oxime groups is 1. The molecule has 0 saturated carbocycles. The zero-order chi connectivity index (χ0) is 25.3. The van der Waals surface area contributed by atoms with Gasteiger partial charge in [0.1, 0.15) is 40.3 Å². The van der Waals surface area contributed by atoms with E-state index in [2.05, 4.69) is 15.5 Å². The molecule has 0 aromatic carbocycles. The zero-order valence-electron chi connectivity index (χ0n) is 18.9. The van der Waals surface area contributed by atoms with Gasteiger partial charge in [0.15, 0.2) is 10.8 Å². The smallest absolute Gasteiger partial charge is 0.481 e. The van der Waals surface area contributed by atoms with E-state index < -0.39 is 45.4 Å². The molecule has 2 fully saturated rings. The molecule has 36 heavy (non-hydrogen) atoms. The summed E-state index contributed by atoms with van der Waals surface area (Å²) < 4.78 is 5.04. The van der Waals surface area contributed by atoms with Crippen LogP contribution in [0, 0.1) is 15.5 Å². The molecule has 2 saturated heterocycles. The van der Waals surface area contributed by atoms with Gasteiger partial charge in [-0.2, -0.15) is 0 Å². The largest absolute Gasteiger partial charge is 1.00 e. The van der Waals surface area contributed by atoms with Crippen LogP contribution in [0.5, 0.6) is 0 Å². The van der Waals surface area contributed by atoms with E-state index in [0.29, 0.717) is 0 Å². The number of β-lactam (4-membered cyclic amide) rings is 1. The van der Waals surface area contributed by atoms with Gasteiger partial charge in [0.2, 0.25) is 5.91 Å². The number of furan rings is 1. The number of amides is 2. The third-order valence-electron chi connectivity index (χ3n) is 5.34. The summed E-state index contributed by atoms with van der Waals surface area (Å²) in [4.78, 5) is 57.8. The number of thioether (sulfide) groups is 1. The number of aromatic nitrogens is 1. The monoisotopic (exact) mass is 545 g/mol. The number of carbonyl (C=O) groups is 3. The van der Waals surface area contributed by atoms with Crippen LogP contribution in [0.15, 0.2) is 33.2 Å². The SMILES string of the molecule is CON=C(C(=O)NC1C(=O)N2CC(C=Cc3ccc([N+](=O)[O-])o3)(C(=O)O)CS[C@H]12)c1csc(N)n1.[Na+]. The van der Waals surface area contributed by atoms with Gasteiger partial charge < -0.3 is 30.3 Å². The van der Waals surface area contributed by atoms with Crippen molar-refractivity contribution < 1.29 is 63.2 Å². The Kier molecular flexibility index (Phi) is 8.45. The van der Waals surface area contributed by atoms with E-state index >= 15 is 0 Å². The van der Waals surface area contributed by atoms with Crippen molar-refractivity contribution in [1.82, 2.24) is 15.2 Å². The van der Waals surface area contributed by atoms with Crippen molar-refractivity contribution in [1.29, 1.82) is 0 Å². The number of thiazole rings is 1. The summed E-state index contributed by atoms with van der Waals surface area (Å²) >= 11 is 2.30. The van der Waals surface area contributed by atoms with E-state index in [0.717, 1.165) is 17.4 Å². The average molecular weight is 546 g/mol. The Labute approximate surface area is 233 Å². The third-order valence-corrected chi connectivity index (χ3v) is 7.56. The molecule has 17 heteroatoms. The number of nitrogens with zero attached hydrogens (tertiary/aromatic N) is 4. The second-order valence-electron chi connectivity index (χ2n) is 7.54. The second kappa shape index (κ2) is 11.0. The van der Waals surface area contributed by atoms with E-state index in [1.165, 1.54) is 47.4 Å². The number of nitrogens with two attached hydrogens (primary N) is 1. The number of hydrogen-bond acceptors (Lipinski definition) is 12. The summed E-state index contributed by atoms with van der Waals surface area (Å²) in [5.41, 5.74) is 4.21. The van der Waals surface area contributed by atoms with Gasteiger partial charge in [0.05, 0.1) is 6.07 Å². The van der Waals surface area contributed by atoms with E-state index in [1.54, 1.807) is 0 Å². The Morgan fingerprint density at radius 3 is 2.83 bits per heavy atom. The molecule has 184 valence electrons. The first kappa shape index (κ1) is 27.7. The van der Waals surface area contributed by atoms with Gasteiger partial charge in [-0.15, -0.1) is 23.1 Å².